The summed E-state index contributed by atoms with van der Waals surface area (Å²) in [6, 6.07) is 14.5. The first-order chi connectivity index (χ1) is 14.9. The number of benzene rings is 2. The van der Waals surface area contributed by atoms with E-state index in [1.54, 1.807) is 12.1 Å². The second kappa shape index (κ2) is 9.04. The van der Waals surface area contributed by atoms with Crippen molar-refractivity contribution in [1.82, 2.24) is 0 Å². The van der Waals surface area contributed by atoms with E-state index in [1.165, 1.54) is 6.26 Å². The van der Waals surface area contributed by atoms with E-state index in [0.717, 1.165) is 40.8 Å². The molecule has 7 nitrogen and oxygen atoms in total. The number of anilines is 1. The van der Waals surface area contributed by atoms with Gasteiger partial charge in [-0.05, 0) is 43.4 Å². The SMILES string of the molecule is CS(=O)(=O)N(c1ccccc1C1CCCCO1)C(Cc1coc2ccccc12)B(O)O. The number of sulfonamides is 1. The van der Waals surface area contributed by atoms with Crippen LogP contribution in [0.3, 0.4) is 0 Å². The highest BCUT2D eigenvalue weighted by Crippen LogP contribution is 2.37. The van der Waals surface area contributed by atoms with Crippen LogP contribution in [0.5, 0.6) is 0 Å². The Kier molecular flexibility index (Phi) is 6.38. The molecule has 4 rings (SSSR count). The lowest BCUT2D eigenvalue weighted by Crippen LogP contribution is -2.51. The quantitative estimate of drug-likeness (QED) is 0.545. The maximum atomic E-state index is 12.9. The number of hydrogen-bond donors (Lipinski definition) is 2. The summed E-state index contributed by atoms with van der Waals surface area (Å²) in [5.74, 6) is -1.14. The Balaban J connectivity index is 1.78. The number of furan rings is 1. The van der Waals surface area contributed by atoms with Crippen molar-refractivity contribution in [3.63, 3.8) is 0 Å². The zero-order valence-electron chi connectivity index (χ0n) is 17.3. The highest BCUT2D eigenvalue weighted by molar-refractivity contribution is 7.92. The molecule has 0 saturated carbocycles. The molecule has 2 unspecified atom stereocenters. The number of fused-ring (bicyclic) bond motifs is 1. The molecule has 2 heterocycles. The van der Waals surface area contributed by atoms with Crippen LogP contribution in [-0.2, 0) is 21.2 Å². The fraction of sp³-hybridized carbons (Fsp3) is 0.364. The summed E-state index contributed by atoms with van der Waals surface area (Å²) in [6.07, 6.45) is 5.20. The van der Waals surface area contributed by atoms with Gasteiger partial charge in [-0.3, -0.25) is 4.31 Å². The molecule has 1 aliphatic rings. The predicted octanol–water partition coefficient (Wildman–Crippen LogP) is 3.06. The van der Waals surface area contributed by atoms with E-state index in [2.05, 4.69) is 0 Å². The average Bonchev–Trinajstić information content (AvgIpc) is 3.16. The number of ether oxygens (including phenoxy) is 1. The summed E-state index contributed by atoms with van der Waals surface area (Å²) in [4.78, 5) is 0. The molecule has 1 aromatic heterocycles. The lowest BCUT2D eigenvalue weighted by Gasteiger charge is -2.34. The Morgan fingerprint density at radius 2 is 1.87 bits per heavy atom. The van der Waals surface area contributed by atoms with Gasteiger partial charge in [0.05, 0.1) is 30.3 Å². The largest absolute Gasteiger partial charge is 0.477 e. The van der Waals surface area contributed by atoms with Crippen LogP contribution in [-0.4, -0.2) is 44.4 Å². The van der Waals surface area contributed by atoms with Crippen molar-refractivity contribution in [2.24, 2.45) is 0 Å². The molecule has 0 spiro atoms. The van der Waals surface area contributed by atoms with E-state index >= 15 is 0 Å². The standard InChI is InChI=1S/C22H26BNO6S/c1-31(27,28)24(19-10-4-2-9-18(19)21-12-6-7-13-29-21)22(23(25)26)14-16-15-30-20-11-5-3-8-17(16)20/h2-5,8-11,15,21-22,25-26H,6-7,12-14H2,1H3. The Labute approximate surface area is 182 Å². The number of hydrogen-bond acceptors (Lipinski definition) is 6. The fourth-order valence-electron chi connectivity index (χ4n) is 4.28. The van der Waals surface area contributed by atoms with Crippen molar-refractivity contribution in [1.29, 1.82) is 0 Å². The Morgan fingerprint density at radius 1 is 1.13 bits per heavy atom. The van der Waals surface area contributed by atoms with Crippen molar-refractivity contribution < 1.29 is 27.6 Å². The molecule has 164 valence electrons. The van der Waals surface area contributed by atoms with Gasteiger partial charge in [-0.2, -0.15) is 0 Å². The topological polar surface area (TPSA) is 100 Å². The molecule has 1 fully saturated rings. The van der Waals surface area contributed by atoms with Gasteiger partial charge in [-0.15, -0.1) is 0 Å². The summed E-state index contributed by atoms with van der Waals surface area (Å²) in [6.45, 7) is 0.616. The summed E-state index contributed by atoms with van der Waals surface area (Å²) < 4.78 is 38.5. The van der Waals surface area contributed by atoms with Crippen LogP contribution in [0.25, 0.3) is 11.0 Å². The van der Waals surface area contributed by atoms with Gasteiger partial charge in [0, 0.05) is 17.6 Å². The Hall–Kier alpha value is -2.33. The minimum absolute atomic E-state index is 0.0710. The summed E-state index contributed by atoms with van der Waals surface area (Å²) in [5.41, 5.74) is 2.50. The zero-order valence-corrected chi connectivity index (χ0v) is 18.2. The molecule has 2 aromatic carbocycles. The monoisotopic (exact) mass is 443 g/mol. The van der Waals surface area contributed by atoms with Crippen LogP contribution in [0, 0.1) is 0 Å². The van der Waals surface area contributed by atoms with Gasteiger partial charge in [0.15, 0.2) is 0 Å². The first kappa shape index (κ1) is 21.9. The van der Waals surface area contributed by atoms with E-state index in [9.17, 15) is 18.5 Å². The van der Waals surface area contributed by atoms with Crippen molar-refractivity contribution in [3.8, 4) is 0 Å². The van der Waals surface area contributed by atoms with Crippen molar-refractivity contribution in [3.05, 3.63) is 65.9 Å². The normalized spacial score (nSPS) is 18.1. The molecule has 9 heteroatoms. The first-order valence-corrected chi connectivity index (χ1v) is 12.2. The zero-order chi connectivity index (χ0) is 22.0. The van der Waals surface area contributed by atoms with E-state index in [1.807, 2.05) is 36.4 Å². The van der Waals surface area contributed by atoms with E-state index in [-0.39, 0.29) is 12.5 Å². The minimum Gasteiger partial charge on any atom is -0.464 e. The minimum atomic E-state index is -3.85. The molecule has 0 radical (unpaired) electrons. The molecule has 0 aliphatic carbocycles. The summed E-state index contributed by atoms with van der Waals surface area (Å²) in [7, 11) is -5.75. The van der Waals surface area contributed by atoms with Crippen LogP contribution in [0.4, 0.5) is 5.69 Å². The Bertz CT molecular complexity index is 1140. The maximum Gasteiger partial charge on any atom is 0.477 e. The van der Waals surface area contributed by atoms with E-state index in [4.69, 9.17) is 9.15 Å². The van der Waals surface area contributed by atoms with Gasteiger partial charge >= 0.3 is 7.12 Å². The highest BCUT2D eigenvalue weighted by atomic mass is 32.2. The third-order valence-corrected chi connectivity index (χ3v) is 6.88. The molecule has 3 aromatic rings. The van der Waals surface area contributed by atoms with Crippen molar-refractivity contribution >= 4 is 33.8 Å². The van der Waals surface area contributed by atoms with Crippen LogP contribution in [0.15, 0.2) is 59.2 Å². The van der Waals surface area contributed by atoms with Gasteiger partial charge in [-0.1, -0.05) is 36.4 Å². The van der Waals surface area contributed by atoms with Gasteiger partial charge < -0.3 is 19.2 Å². The third kappa shape index (κ3) is 4.64. The molecule has 2 atom stereocenters. The van der Waals surface area contributed by atoms with Crippen LogP contribution < -0.4 is 4.31 Å². The second-order valence-electron chi connectivity index (χ2n) is 7.92. The predicted molar refractivity (Wildman–Crippen MR) is 120 cm³/mol. The first-order valence-electron chi connectivity index (χ1n) is 10.4. The third-order valence-electron chi connectivity index (χ3n) is 5.69. The smallest absolute Gasteiger partial charge is 0.464 e. The van der Waals surface area contributed by atoms with Crippen molar-refractivity contribution in [2.75, 3.05) is 17.2 Å². The van der Waals surface area contributed by atoms with Gasteiger partial charge in [0.2, 0.25) is 10.0 Å². The highest BCUT2D eigenvalue weighted by Gasteiger charge is 2.38. The van der Waals surface area contributed by atoms with Gasteiger partial charge in [0.25, 0.3) is 0 Å². The van der Waals surface area contributed by atoms with E-state index < -0.39 is 23.1 Å². The van der Waals surface area contributed by atoms with E-state index in [0.29, 0.717) is 23.4 Å². The van der Waals surface area contributed by atoms with Crippen LogP contribution in [0.2, 0.25) is 0 Å². The molecule has 31 heavy (non-hydrogen) atoms. The molecule has 1 saturated heterocycles. The molecule has 2 N–H and O–H groups in total. The number of nitrogens with zero attached hydrogens (tertiary/aromatic N) is 1. The number of para-hydroxylation sites is 2. The fourth-order valence-corrected chi connectivity index (χ4v) is 5.47. The number of rotatable bonds is 7. The Morgan fingerprint density at radius 3 is 2.58 bits per heavy atom. The summed E-state index contributed by atoms with van der Waals surface area (Å²) in [5, 5.41) is 21.3. The van der Waals surface area contributed by atoms with Gasteiger partial charge in [-0.25, -0.2) is 8.42 Å². The second-order valence-corrected chi connectivity index (χ2v) is 9.77. The summed E-state index contributed by atoms with van der Waals surface area (Å²) >= 11 is 0. The van der Waals surface area contributed by atoms with Crippen LogP contribution in [0.1, 0.15) is 36.5 Å². The van der Waals surface area contributed by atoms with Crippen molar-refractivity contribution in [2.45, 2.75) is 37.7 Å². The average molecular weight is 443 g/mol. The molecular weight excluding hydrogens is 417 g/mol. The van der Waals surface area contributed by atoms with Crippen LogP contribution >= 0.6 is 0 Å². The maximum absolute atomic E-state index is 12.9. The lowest BCUT2D eigenvalue weighted by atomic mass is 9.75. The molecular formula is C22H26BNO6S. The molecule has 0 bridgehead atoms. The lowest BCUT2D eigenvalue weighted by molar-refractivity contribution is 0.0153. The molecule has 1 aliphatic heterocycles. The van der Waals surface area contributed by atoms with Gasteiger partial charge in [0.1, 0.15) is 5.58 Å². The molecule has 0 amide bonds.